The normalized spacial score (nSPS) is 14.1. The predicted octanol–water partition coefficient (Wildman–Crippen LogP) is 3.95. The number of benzene rings is 1. The summed E-state index contributed by atoms with van der Waals surface area (Å²) in [7, 11) is 0. The van der Waals surface area contributed by atoms with Gasteiger partial charge in [-0.25, -0.2) is 0 Å². The van der Waals surface area contributed by atoms with E-state index in [1.807, 2.05) is 54.6 Å². The fourth-order valence-electron chi connectivity index (χ4n) is 2.25. The minimum absolute atomic E-state index is 0.00885. The summed E-state index contributed by atoms with van der Waals surface area (Å²) in [5, 5.41) is 0. The first-order valence-corrected chi connectivity index (χ1v) is 6.92. The summed E-state index contributed by atoms with van der Waals surface area (Å²) in [6.45, 7) is 0. The molecule has 21 heavy (non-hydrogen) atoms. The van der Waals surface area contributed by atoms with E-state index in [4.69, 9.17) is 4.74 Å². The standard InChI is InChI=1S/C18H15NO2/c20-18(14-7-2-1-3-8-14)16-10-4-5-11-17(16)21-15-9-6-12-19-13-15/h1-4,6-10,12-13H,5,11H2. The third-order valence-electron chi connectivity index (χ3n) is 3.28. The molecule has 1 aromatic heterocycles. The van der Waals surface area contributed by atoms with Crippen molar-refractivity contribution < 1.29 is 9.53 Å². The van der Waals surface area contributed by atoms with Gasteiger partial charge in [-0.3, -0.25) is 9.78 Å². The van der Waals surface area contributed by atoms with Crippen LogP contribution >= 0.6 is 0 Å². The smallest absolute Gasteiger partial charge is 0.196 e. The maximum Gasteiger partial charge on any atom is 0.196 e. The van der Waals surface area contributed by atoms with E-state index in [-0.39, 0.29) is 5.78 Å². The lowest BCUT2D eigenvalue weighted by Crippen LogP contribution is -2.11. The fourth-order valence-corrected chi connectivity index (χ4v) is 2.25. The zero-order valence-corrected chi connectivity index (χ0v) is 11.5. The second-order valence-corrected chi connectivity index (χ2v) is 4.76. The van der Waals surface area contributed by atoms with Crippen LogP contribution in [0.25, 0.3) is 0 Å². The van der Waals surface area contributed by atoms with Gasteiger partial charge < -0.3 is 4.74 Å². The molecule has 104 valence electrons. The average molecular weight is 277 g/mol. The van der Waals surface area contributed by atoms with Crippen LogP contribution in [0.5, 0.6) is 5.75 Å². The van der Waals surface area contributed by atoms with Crippen LogP contribution in [0.2, 0.25) is 0 Å². The lowest BCUT2D eigenvalue weighted by molar-refractivity contribution is 0.103. The Morgan fingerprint density at radius 2 is 1.95 bits per heavy atom. The second kappa shape index (κ2) is 6.18. The van der Waals surface area contributed by atoms with E-state index in [0.717, 1.165) is 12.8 Å². The van der Waals surface area contributed by atoms with Crippen molar-refractivity contribution in [1.82, 2.24) is 4.98 Å². The molecule has 1 aromatic carbocycles. The first-order chi connectivity index (χ1) is 10.3. The molecule has 0 atom stereocenters. The highest BCUT2D eigenvalue weighted by Crippen LogP contribution is 2.25. The summed E-state index contributed by atoms with van der Waals surface area (Å²) in [4.78, 5) is 16.6. The molecule has 0 radical (unpaired) electrons. The molecule has 3 rings (SSSR count). The number of hydrogen-bond donors (Lipinski definition) is 0. The lowest BCUT2D eigenvalue weighted by Gasteiger charge is -2.16. The Bertz CT molecular complexity index is 688. The number of pyridine rings is 1. The molecule has 0 fully saturated rings. The van der Waals surface area contributed by atoms with Gasteiger partial charge in [0.2, 0.25) is 0 Å². The minimum atomic E-state index is -0.00885. The Kier molecular flexibility index (Phi) is 3.92. The lowest BCUT2D eigenvalue weighted by atomic mass is 9.97. The highest BCUT2D eigenvalue weighted by Gasteiger charge is 2.18. The zero-order valence-electron chi connectivity index (χ0n) is 11.5. The highest BCUT2D eigenvalue weighted by molar-refractivity contribution is 6.11. The summed E-state index contributed by atoms with van der Waals surface area (Å²) >= 11 is 0. The number of nitrogens with zero attached hydrogens (tertiary/aromatic N) is 1. The Morgan fingerprint density at radius 3 is 2.71 bits per heavy atom. The molecule has 0 N–H and O–H groups in total. The molecule has 0 unspecified atom stereocenters. The number of rotatable bonds is 4. The molecule has 1 heterocycles. The van der Waals surface area contributed by atoms with Crippen molar-refractivity contribution in [2.45, 2.75) is 12.8 Å². The Balaban J connectivity index is 1.92. The molecule has 1 aliphatic rings. The number of ether oxygens (including phenoxy) is 1. The Morgan fingerprint density at radius 1 is 1.10 bits per heavy atom. The van der Waals surface area contributed by atoms with Crippen molar-refractivity contribution in [3.8, 4) is 5.75 Å². The summed E-state index contributed by atoms with van der Waals surface area (Å²) in [5.74, 6) is 1.35. The van der Waals surface area contributed by atoms with Crippen LogP contribution in [0.15, 0.2) is 78.3 Å². The van der Waals surface area contributed by atoms with Gasteiger partial charge in [-0.1, -0.05) is 42.5 Å². The summed E-state index contributed by atoms with van der Waals surface area (Å²) in [6.07, 6.45) is 8.80. The third kappa shape index (κ3) is 3.08. The molecule has 0 amide bonds. The molecule has 1 aliphatic carbocycles. The van der Waals surface area contributed by atoms with Gasteiger partial charge in [0.15, 0.2) is 5.78 Å². The minimum Gasteiger partial charge on any atom is -0.459 e. The van der Waals surface area contributed by atoms with E-state index in [9.17, 15) is 4.79 Å². The van der Waals surface area contributed by atoms with E-state index in [1.54, 1.807) is 12.4 Å². The first-order valence-electron chi connectivity index (χ1n) is 6.92. The molecule has 3 nitrogen and oxygen atoms in total. The Hall–Kier alpha value is -2.68. The summed E-state index contributed by atoms with van der Waals surface area (Å²) in [6, 6.07) is 12.9. The third-order valence-corrected chi connectivity index (χ3v) is 3.28. The summed E-state index contributed by atoms with van der Waals surface area (Å²) in [5.41, 5.74) is 1.29. The van der Waals surface area contributed by atoms with Crippen LogP contribution < -0.4 is 4.74 Å². The number of allylic oxidation sites excluding steroid dienone is 4. The fraction of sp³-hybridized carbons (Fsp3) is 0.111. The van der Waals surface area contributed by atoms with Crippen LogP contribution in [0.4, 0.5) is 0 Å². The predicted molar refractivity (Wildman–Crippen MR) is 81.0 cm³/mol. The van der Waals surface area contributed by atoms with E-state index in [1.165, 1.54) is 0 Å². The maximum atomic E-state index is 12.6. The maximum absolute atomic E-state index is 12.6. The van der Waals surface area contributed by atoms with Crippen molar-refractivity contribution in [2.75, 3.05) is 0 Å². The van der Waals surface area contributed by atoms with E-state index >= 15 is 0 Å². The number of carbonyl (C=O) groups excluding carboxylic acids is 1. The average Bonchev–Trinajstić information content (AvgIpc) is 2.56. The van der Waals surface area contributed by atoms with Gasteiger partial charge in [0, 0.05) is 18.2 Å². The molecular weight excluding hydrogens is 262 g/mol. The van der Waals surface area contributed by atoms with Gasteiger partial charge in [0.25, 0.3) is 0 Å². The van der Waals surface area contributed by atoms with Gasteiger partial charge in [-0.2, -0.15) is 0 Å². The van der Waals surface area contributed by atoms with Crippen molar-refractivity contribution in [1.29, 1.82) is 0 Å². The van der Waals surface area contributed by atoms with Crippen LogP contribution in [-0.4, -0.2) is 10.8 Å². The number of Topliss-reactive ketones (excluding diaryl/α,β-unsaturated/α-hetero) is 1. The molecular formula is C18H15NO2. The molecule has 0 saturated heterocycles. The van der Waals surface area contributed by atoms with Crippen molar-refractivity contribution in [2.24, 2.45) is 0 Å². The largest absolute Gasteiger partial charge is 0.459 e. The van der Waals surface area contributed by atoms with Crippen molar-refractivity contribution >= 4 is 5.78 Å². The topological polar surface area (TPSA) is 39.2 Å². The van der Waals surface area contributed by atoms with Crippen molar-refractivity contribution in [3.05, 3.63) is 83.9 Å². The van der Waals surface area contributed by atoms with Gasteiger partial charge in [0.1, 0.15) is 11.5 Å². The molecule has 0 aliphatic heterocycles. The molecule has 0 bridgehead atoms. The zero-order chi connectivity index (χ0) is 14.5. The Labute approximate surface area is 123 Å². The quantitative estimate of drug-likeness (QED) is 0.794. The van der Waals surface area contributed by atoms with E-state index in [0.29, 0.717) is 22.6 Å². The summed E-state index contributed by atoms with van der Waals surface area (Å²) < 4.78 is 5.86. The monoisotopic (exact) mass is 277 g/mol. The highest BCUT2D eigenvalue weighted by atomic mass is 16.5. The van der Waals surface area contributed by atoms with Gasteiger partial charge in [0.05, 0.1) is 11.8 Å². The van der Waals surface area contributed by atoms with E-state index < -0.39 is 0 Å². The van der Waals surface area contributed by atoms with Gasteiger partial charge >= 0.3 is 0 Å². The SMILES string of the molecule is O=C(C1=C(Oc2cccnc2)CCC=C1)c1ccccc1. The number of carbonyl (C=O) groups is 1. The molecule has 3 heteroatoms. The first kappa shape index (κ1) is 13.3. The molecule has 0 saturated carbocycles. The van der Waals surface area contributed by atoms with Gasteiger partial charge in [-0.15, -0.1) is 0 Å². The second-order valence-electron chi connectivity index (χ2n) is 4.76. The molecule has 0 spiro atoms. The van der Waals surface area contributed by atoms with Crippen LogP contribution in [0.1, 0.15) is 23.2 Å². The van der Waals surface area contributed by atoms with Crippen LogP contribution in [-0.2, 0) is 0 Å². The number of ketones is 1. The van der Waals surface area contributed by atoms with Crippen molar-refractivity contribution in [3.63, 3.8) is 0 Å². The molecule has 2 aromatic rings. The van der Waals surface area contributed by atoms with E-state index in [2.05, 4.69) is 4.98 Å². The van der Waals surface area contributed by atoms with Crippen LogP contribution in [0.3, 0.4) is 0 Å². The number of hydrogen-bond acceptors (Lipinski definition) is 3. The van der Waals surface area contributed by atoms with Crippen LogP contribution in [0, 0.1) is 0 Å². The number of aromatic nitrogens is 1. The van der Waals surface area contributed by atoms with Gasteiger partial charge in [-0.05, 0) is 18.6 Å².